The molecule has 102 valence electrons. The van der Waals surface area contributed by atoms with Crippen LogP contribution in [0.25, 0.3) is 10.9 Å². The van der Waals surface area contributed by atoms with Gasteiger partial charge in [-0.15, -0.1) is 0 Å². The van der Waals surface area contributed by atoms with Gasteiger partial charge in [0.15, 0.2) is 0 Å². The molecule has 0 unspecified atom stereocenters. The molecule has 0 spiro atoms. The number of nitrogens with two attached hydrogens (primary N) is 1. The highest BCUT2D eigenvalue weighted by molar-refractivity contribution is 7.89. The van der Waals surface area contributed by atoms with E-state index in [1.165, 1.54) is 13.4 Å². The maximum absolute atomic E-state index is 11.3. The molecule has 0 aliphatic carbocycles. The summed E-state index contributed by atoms with van der Waals surface area (Å²) in [6.45, 7) is 0.254. The van der Waals surface area contributed by atoms with Crippen LogP contribution in [0.1, 0.15) is 0 Å². The van der Waals surface area contributed by atoms with Crippen LogP contribution < -0.4 is 15.8 Å². The average Bonchev–Trinajstić information content (AvgIpc) is 2.39. The third-order valence-electron chi connectivity index (χ3n) is 2.63. The third kappa shape index (κ3) is 3.30. The number of hydrogen-bond donors (Lipinski definition) is 3. The number of aromatic nitrogens is 2. The molecule has 8 heteroatoms. The van der Waals surface area contributed by atoms with Crippen LogP contribution in [0.3, 0.4) is 0 Å². The van der Waals surface area contributed by atoms with Crippen molar-refractivity contribution in [2.45, 2.75) is 0 Å². The highest BCUT2D eigenvalue weighted by Crippen LogP contribution is 2.21. The van der Waals surface area contributed by atoms with Crippen LogP contribution in [-0.2, 0) is 10.0 Å². The Labute approximate surface area is 111 Å². The summed E-state index contributed by atoms with van der Waals surface area (Å²) in [5, 5.41) is 3.75. The van der Waals surface area contributed by atoms with Crippen LogP contribution in [0.15, 0.2) is 24.5 Å². The van der Waals surface area contributed by atoms with Gasteiger partial charge < -0.3 is 11.1 Å². The maximum Gasteiger partial charge on any atom is 0.213 e. The number of benzene rings is 1. The number of nitrogens with zero attached hydrogens (tertiary/aromatic N) is 2. The van der Waals surface area contributed by atoms with Gasteiger partial charge in [-0.25, -0.2) is 23.1 Å². The minimum Gasteiger partial charge on any atom is -0.399 e. The van der Waals surface area contributed by atoms with E-state index < -0.39 is 10.0 Å². The SMILES string of the molecule is CNS(=O)(=O)CCNc1ncnc2ccc(N)cc12. The van der Waals surface area contributed by atoms with E-state index in [4.69, 9.17) is 5.73 Å². The first-order valence-electron chi connectivity index (χ1n) is 5.67. The summed E-state index contributed by atoms with van der Waals surface area (Å²) in [5.74, 6) is 0.542. The molecule has 0 saturated carbocycles. The highest BCUT2D eigenvalue weighted by atomic mass is 32.2. The van der Waals surface area contributed by atoms with Crippen LogP contribution in [0.2, 0.25) is 0 Å². The molecule has 1 aromatic carbocycles. The largest absolute Gasteiger partial charge is 0.399 e. The molecule has 2 rings (SSSR count). The fourth-order valence-electron chi connectivity index (χ4n) is 1.62. The Morgan fingerprint density at radius 3 is 2.84 bits per heavy atom. The van der Waals surface area contributed by atoms with Gasteiger partial charge in [0.1, 0.15) is 12.1 Å². The summed E-state index contributed by atoms with van der Waals surface area (Å²) in [6.07, 6.45) is 1.42. The average molecular weight is 281 g/mol. The summed E-state index contributed by atoms with van der Waals surface area (Å²) in [7, 11) is -1.85. The minimum absolute atomic E-state index is 0.0304. The van der Waals surface area contributed by atoms with Gasteiger partial charge in [0.05, 0.1) is 11.3 Å². The van der Waals surface area contributed by atoms with E-state index in [9.17, 15) is 8.42 Å². The van der Waals surface area contributed by atoms with Gasteiger partial charge in [-0.3, -0.25) is 0 Å². The van der Waals surface area contributed by atoms with Crippen molar-refractivity contribution in [3.8, 4) is 0 Å². The molecule has 1 aromatic heterocycles. The summed E-state index contributed by atoms with van der Waals surface area (Å²) in [5.41, 5.74) is 7.08. The number of hydrogen-bond acceptors (Lipinski definition) is 6. The molecule has 0 fully saturated rings. The molecule has 2 aromatic rings. The van der Waals surface area contributed by atoms with Crippen molar-refractivity contribution in [1.29, 1.82) is 0 Å². The molecule has 0 aliphatic rings. The van der Waals surface area contributed by atoms with Crippen LogP contribution in [0.4, 0.5) is 11.5 Å². The zero-order valence-electron chi connectivity index (χ0n) is 10.4. The summed E-state index contributed by atoms with van der Waals surface area (Å²) in [4.78, 5) is 8.22. The second kappa shape index (κ2) is 5.37. The van der Waals surface area contributed by atoms with E-state index in [1.807, 2.05) is 0 Å². The molecule has 7 nitrogen and oxygen atoms in total. The molecule has 0 saturated heterocycles. The van der Waals surface area contributed by atoms with E-state index in [2.05, 4.69) is 20.0 Å². The van der Waals surface area contributed by atoms with Gasteiger partial charge in [-0.05, 0) is 25.2 Å². The molecule has 0 bridgehead atoms. The first-order valence-corrected chi connectivity index (χ1v) is 7.32. The van der Waals surface area contributed by atoms with Crippen LogP contribution in [0.5, 0.6) is 0 Å². The van der Waals surface area contributed by atoms with Crippen LogP contribution in [-0.4, -0.2) is 37.7 Å². The lowest BCUT2D eigenvalue weighted by Crippen LogP contribution is -2.26. The van der Waals surface area contributed by atoms with Crippen molar-refractivity contribution in [2.24, 2.45) is 0 Å². The van der Waals surface area contributed by atoms with E-state index >= 15 is 0 Å². The summed E-state index contributed by atoms with van der Waals surface area (Å²) < 4.78 is 24.9. The quantitative estimate of drug-likeness (QED) is 0.674. The molecule has 4 N–H and O–H groups in total. The zero-order chi connectivity index (χ0) is 13.9. The molecule has 1 heterocycles. The van der Waals surface area contributed by atoms with Gasteiger partial charge in [0.25, 0.3) is 0 Å². The van der Waals surface area contributed by atoms with E-state index in [-0.39, 0.29) is 12.3 Å². The van der Waals surface area contributed by atoms with Crippen LogP contribution >= 0.6 is 0 Å². The Hall–Kier alpha value is -1.93. The van der Waals surface area contributed by atoms with E-state index in [0.717, 1.165) is 10.9 Å². The Morgan fingerprint density at radius 1 is 1.32 bits per heavy atom. The third-order valence-corrected chi connectivity index (χ3v) is 4.00. The number of nitrogens with one attached hydrogen (secondary N) is 2. The Morgan fingerprint density at radius 2 is 2.11 bits per heavy atom. The zero-order valence-corrected chi connectivity index (χ0v) is 11.2. The van der Waals surface area contributed by atoms with Crippen molar-refractivity contribution in [3.63, 3.8) is 0 Å². The molecule has 0 aliphatic heterocycles. The van der Waals surface area contributed by atoms with E-state index in [0.29, 0.717) is 11.5 Å². The molecule has 19 heavy (non-hydrogen) atoms. The predicted octanol–water partition coefficient (Wildman–Crippen LogP) is 0.173. The van der Waals surface area contributed by atoms with Gasteiger partial charge in [-0.2, -0.15) is 0 Å². The Balaban J connectivity index is 2.19. The topological polar surface area (TPSA) is 110 Å². The lowest BCUT2D eigenvalue weighted by molar-refractivity contribution is 0.588. The van der Waals surface area contributed by atoms with Crippen molar-refractivity contribution in [2.75, 3.05) is 30.4 Å². The maximum atomic E-state index is 11.3. The van der Waals surface area contributed by atoms with Gasteiger partial charge in [0.2, 0.25) is 10.0 Å². The lowest BCUT2D eigenvalue weighted by Gasteiger charge is -2.08. The normalized spacial score (nSPS) is 11.6. The molecule has 0 radical (unpaired) electrons. The molecule has 0 amide bonds. The second-order valence-electron chi connectivity index (χ2n) is 3.95. The number of fused-ring (bicyclic) bond motifs is 1. The first-order chi connectivity index (χ1) is 9.02. The predicted molar refractivity (Wildman–Crippen MR) is 75.3 cm³/mol. The fourth-order valence-corrected chi connectivity index (χ4v) is 2.20. The number of anilines is 2. The van der Waals surface area contributed by atoms with Crippen molar-refractivity contribution >= 4 is 32.4 Å². The molecule has 0 atom stereocenters. The monoisotopic (exact) mass is 281 g/mol. The first kappa shape index (κ1) is 13.5. The molecular weight excluding hydrogens is 266 g/mol. The van der Waals surface area contributed by atoms with Gasteiger partial charge in [0, 0.05) is 17.6 Å². The Bertz CT molecular complexity index is 687. The number of sulfonamides is 1. The standard InChI is InChI=1S/C11H15N5O2S/c1-13-19(17,18)5-4-14-11-9-6-8(12)2-3-10(9)15-7-16-11/h2-3,6-7,13H,4-5,12H2,1H3,(H,14,15,16). The van der Waals surface area contributed by atoms with Crippen molar-refractivity contribution in [1.82, 2.24) is 14.7 Å². The van der Waals surface area contributed by atoms with Gasteiger partial charge >= 0.3 is 0 Å². The second-order valence-corrected chi connectivity index (χ2v) is 5.99. The summed E-state index contributed by atoms with van der Waals surface area (Å²) in [6, 6.07) is 5.30. The van der Waals surface area contributed by atoms with Crippen LogP contribution in [0, 0.1) is 0 Å². The summed E-state index contributed by atoms with van der Waals surface area (Å²) >= 11 is 0. The van der Waals surface area contributed by atoms with Crippen molar-refractivity contribution < 1.29 is 8.42 Å². The van der Waals surface area contributed by atoms with Gasteiger partial charge in [-0.1, -0.05) is 0 Å². The van der Waals surface area contributed by atoms with E-state index in [1.54, 1.807) is 18.2 Å². The number of nitrogen functional groups attached to an aromatic ring is 1. The minimum atomic E-state index is -3.23. The Kier molecular flexibility index (Phi) is 3.82. The number of rotatable bonds is 5. The van der Waals surface area contributed by atoms with Crippen molar-refractivity contribution in [3.05, 3.63) is 24.5 Å². The lowest BCUT2D eigenvalue weighted by atomic mass is 10.2. The fraction of sp³-hybridized carbons (Fsp3) is 0.273. The smallest absolute Gasteiger partial charge is 0.213 e. The molecular formula is C11H15N5O2S. The highest BCUT2D eigenvalue weighted by Gasteiger charge is 2.08.